The first-order valence-electron chi connectivity index (χ1n) is 6.91. The fourth-order valence-corrected chi connectivity index (χ4v) is 2.37. The molecule has 2 aromatic carbocycles. The molecule has 2 heteroatoms. The summed E-state index contributed by atoms with van der Waals surface area (Å²) in [4.78, 5) is 12.6. The molecule has 19 heavy (non-hydrogen) atoms. The van der Waals surface area contributed by atoms with Gasteiger partial charge in [0.2, 0.25) is 0 Å². The second kappa shape index (κ2) is 6.48. The molecule has 2 rings (SSSR count). The molecule has 0 aliphatic carbocycles. The zero-order valence-electron chi connectivity index (χ0n) is 11.6. The maximum absolute atomic E-state index is 12.6. The molecule has 0 fully saturated rings. The molecule has 0 saturated heterocycles. The van der Waals surface area contributed by atoms with Gasteiger partial charge in [-0.15, -0.1) is 0 Å². The van der Waals surface area contributed by atoms with Crippen LogP contribution in [0.5, 0.6) is 0 Å². The number of hydrogen-bond donors (Lipinski definition) is 0. The Kier molecular flexibility index (Phi) is 4.69. The van der Waals surface area contributed by atoms with Gasteiger partial charge in [0, 0.05) is 12.2 Å². The fourth-order valence-electron chi connectivity index (χ4n) is 2.37. The number of hydrogen-bond acceptors (Lipinski definition) is 2. The van der Waals surface area contributed by atoms with E-state index in [0.717, 1.165) is 29.2 Å². The van der Waals surface area contributed by atoms with Crippen molar-refractivity contribution in [2.75, 3.05) is 6.61 Å². The molecule has 2 aromatic rings. The molecule has 0 spiro atoms. The Morgan fingerprint density at radius 2 is 1.84 bits per heavy atom. The normalized spacial score (nSPS) is 12.5. The van der Waals surface area contributed by atoms with Crippen molar-refractivity contribution in [3.63, 3.8) is 0 Å². The van der Waals surface area contributed by atoms with Crippen molar-refractivity contribution >= 4 is 16.6 Å². The van der Waals surface area contributed by atoms with Gasteiger partial charge in [0.1, 0.15) is 6.10 Å². The van der Waals surface area contributed by atoms with Crippen LogP contribution in [0.1, 0.15) is 37.0 Å². The van der Waals surface area contributed by atoms with Gasteiger partial charge in [0.15, 0.2) is 5.78 Å². The lowest BCUT2D eigenvalue weighted by molar-refractivity contribution is 0.0425. The summed E-state index contributed by atoms with van der Waals surface area (Å²) in [5, 5.41) is 2.11. The Morgan fingerprint density at radius 3 is 2.58 bits per heavy atom. The molecule has 0 aliphatic rings. The highest BCUT2D eigenvalue weighted by Crippen LogP contribution is 2.21. The van der Waals surface area contributed by atoms with E-state index < -0.39 is 0 Å². The van der Waals surface area contributed by atoms with Crippen LogP contribution in [-0.2, 0) is 4.74 Å². The van der Waals surface area contributed by atoms with Gasteiger partial charge in [-0.3, -0.25) is 4.79 Å². The second-order valence-corrected chi connectivity index (χ2v) is 4.62. The van der Waals surface area contributed by atoms with Gasteiger partial charge in [0.05, 0.1) is 0 Å². The number of ether oxygens (including phenoxy) is 1. The Morgan fingerprint density at radius 1 is 1.11 bits per heavy atom. The van der Waals surface area contributed by atoms with E-state index in [1.165, 1.54) is 0 Å². The van der Waals surface area contributed by atoms with E-state index in [1.807, 2.05) is 49.4 Å². The Hall–Kier alpha value is -1.67. The topological polar surface area (TPSA) is 26.3 Å². The molecule has 100 valence electrons. The van der Waals surface area contributed by atoms with Crippen LogP contribution in [0.25, 0.3) is 10.8 Å². The second-order valence-electron chi connectivity index (χ2n) is 4.62. The van der Waals surface area contributed by atoms with E-state index in [9.17, 15) is 4.79 Å². The third kappa shape index (κ3) is 3.02. The molecule has 0 amide bonds. The summed E-state index contributed by atoms with van der Waals surface area (Å²) in [5.74, 6) is 0.0977. The van der Waals surface area contributed by atoms with Crippen LogP contribution in [0.3, 0.4) is 0 Å². The van der Waals surface area contributed by atoms with Crippen LogP contribution in [0, 0.1) is 0 Å². The van der Waals surface area contributed by atoms with Gasteiger partial charge >= 0.3 is 0 Å². The van der Waals surface area contributed by atoms with Gasteiger partial charge in [-0.2, -0.15) is 0 Å². The number of rotatable bonds is 6. The lowest BCUT2D eigenvalue weighted by Crippen LogP contribution is -2.24. The minimum atomic E-state index is -0.319. The monoisotopic (exact) mass is 256 g/mol. The Labute approximate surface area is 114 Å². The molecule has 0 radical (unpaired) electrons. The summed E-state index contributed by atoms with van der Waals surface area (Å²) < 4.78 is 5.60. The van der Waals surface area contributed by atoms with Crippen molar-refractivity contribution < 1.29 is 9.53 Å². The summed E-state index contributed by atoms with van der Waals surface area (Å²) >= 11 is 0. The molecule has 0 aromatic heterocycles. The van der Waals surface area contributed by atoms with Crippen molar-refractivity contribution in [1.82, 2.24) is 0 Å². The van der Waals surface area contributed by atoms with Crippen molar-refractivity contribution in [1.29, 1.82) is 0 Å². The smallest absolute Gasteiger partial charge is 0.192 e. The van der Waals surface area contributed by atoms with Crippen LogP contribution >= 0.6 is 0 Å². The van der Waals surface area contributed by atoms with Gasteiger partial charge < -0.3 is 4.74 Å². The summed E-state index contributed by atoms with van der Waals surface area (Å²) in [6, 6.07) is 13.8. The summed E-state index contributed by atoms with van der Waals surface area (Å²) in [6.45, 7) is 4.57. The maximum atomic E-state index is 12.6. The SMILES string of the molecule is CCCC(OCC)C(=O)c1cccc2ccccc12. The molecular formula is C17H20O2. The summed E-state index contributed by atoms with van der Waals surface area (Å²) in [6.07, 6.45) is 1.40. The number of benzene rings is 2. The molecule has 0 N–H and O–H groups in total. The van der Waals surface area contributed by atoms with Crippen LogP contribution in [0.4, 0.5) is 0 Å². The zero-order chi connectivity index (χ0) is 13.7. The van der Waals surface area contributed by atoms with E-state index in [1.54, 1.807) is 0 Å². The molecule has 0 bridgehead atoms. The van der Waals surface area contributed by atoms with Crippen LogP contribution in [-0.4, -0.2) is 18.5 Å². The van der Waals surface area contributed by atoms with Gasteiger partial charge in [-0.05, 0) is 24.1 Å². The fraction of sp³-hybridized carbons (Fsp3) is 0.353. The summed E-state index contributed by atoms with van der Waals surface area (Å²) in [5.41, 5.74) is 0.769. The standard InChI is InChI=1S/C17H20O2/c1-3-8-16(19-4-2)17(18)15-12-7-10-13-9-5-6-11-14(13)15/h5-7,9-12,16H,3-4,8H2,1-2H3. The zero-order valence-corrected chi connectivity index (χ0v) is 11.6. The van der Waals surface area contributed by atoms with Gasteiger partial charge in [0.25, 0.3) is 0 Å². The molecule has 0 aliphatic heterocycles. The predicted octanol–water partition coefficient (Wildman–Crippen LogP) is 4.23. The van der Waals surface area contributed by atoms with Crippen molar-refractivity contribution in [3.8, 4) is 0 Å². The Bertz CT molecular complexity index is 549. The van der Waals surface area contributed by atoms with E-state index in [4.69, 9.17) is 4.74 Å². The van der Waals surface area contributed by atoms with Crippen molar-refractivity contribution in [3.05, 3.63) is 48.0 Å². The molecule has 1 unspecified atom stereocenters. The largest absolute Gasteiger partial charge is 0.370 e. The predicted molar refractivity (Wildman–Crippen MR) is 78.6 cm³/mol. The lowest BCUT2D eigenvalue weighted by Gasteiger charge is -2.16. The van der Waals surface area contributed by atoms with E-state index in [-0.39, 0.29) is 11.9 Å². The highest BCUT2D eigenvalue weighted by atomic mass is 16.5. The minimum absolute atomic E-state index is 0.0977. The molecule has 0 heterocycles. The minimum Gasteiger partial charge on any atom is -0.370 e. The molecule has 1 atom stereocenters. The van der Waals surface area contributed by atoms with Crippen molar-refractivity contribution in [2.45, 2.75) is 32.8 Å². The van der Waals surface area contributed by atoms with Gasteiger partial charge in [-0.1, -0.05) is 55.8 Å². The maximum Gasteiger partial charge on any atom is 0.192 e. The van der Waals surface area contributed by atoms with E-state index >= 15 is 0 Å². The first-order valence-corrected chi connectivity index (χ1v) is 6.91. The number of Topliss-reactive ketones (excluding diaryl/α,β-unsaturated/α-hetero) is 1. The third-order valence-corrected chi connectivity index (χ3v) is 3.27. The number of fused-ring (bicyclic) bond motifs is 1. The van der Waals surface area contributed by atoms with Crippen LogP contribution < -0.4 is 0 Å². The van der Waals surface area contributed by atoms with E-state index in [2.05, 4.69) is 6.92 Å². The average molecular weight is 256 g/mol. The first-order chi connectivity index (χ1) is 9.27. The van der Waals surface area contributed by atoms with Crippen LogP contribution in [0.2, 0.25) is 0 Å². The quantitative estimate of drug-likeness (QED) is 0.723. The lowest BCUT2D eigenvalue weighted by atomic mass is 9.97. The highest BCUT2D eigenvalue weighted by Gasteiger charge is 2.20. The average Bonchev–Trinajstić information content (AvgIpc) is 2.46. The number of carbonyl (C=O) groups excluding carboxylic acids is 1. The Balaban J connectivity index is 2.39. The third-order valence-electron chi connectivity index (χ3n) is 3.27. The van der Waals surface area contributed by atoms with Crippen molar-refractivity contribution in [2.24, 2.45) is 0 Å². The highest BCUT2D eigenvalue weighted by molar-refractivity contribution is 6.10. The van der Waals surface area contributed by atoms with Gasteiger partial charge in [-0.25, -0.2) is 0 Å². The number of carbonyl (C=O) groups is 1. The summed E-state index contributed by atoms with van der Waals surface area (Å²) in [7, 11) is 0. The molecule has 0 saturated carbocycles. The first kappa shape index (κ1) is 13.8. The van der Waals surface area contributed by atoms with E-state index in [0.29, 0.717) is 6.61 Å². The molecule has 2 nitrogen and oxygen atoms in total. The molecular weight excluding hydrogens is 236 g/mol. The number of ketones is 1. The van der Waals surface area contributed by atoms with Crippen LogP contribution in [0.15, 0.2) is 42.5 Å².